The third-order valence-electron chi connectivity index (χ3n) is 4.04. The molecular formula is C20H18N4O2. The van der Waals surface area contributed by atoms with Crippen molar-refractivity contribution in [3.05, 3.63) is 72.8 Å². The highest BCUT2D eigenvalue weighted by Gasteiger charge is 2.12. The summed E-state index contributed by atoms with van der Waals surface area (Å²) in [5.74, 6) is 1.28. The lowest BCUT2D eigenvalue weighted by molar-refractivity contribution is 0.0857. The summed E-state index contributed by atoms with van der Waals surface area (Å²) in [4.78, 5) is 1.39. The molecule has 1 aromatic heterocycles. The first-order chi connectivity index (χ1) is 12.8. The molecule has 0 aliphatic carbocycles. The average Bonchev–Trinajstić information content (AvgIpc) is 3.15. The summed E-state index contributed by atoms with van der Waals surface area (Å²) in [7, 11) is 0. The van der Waals surface area contributed by atoms with Gasteiger partial charge in [-0.1, -0.05) is 66.7 Å². The molecule has 0 radical (unpaired) electrons. The normalized spacial score (nSPS) is 12.2. The van der Waals surface area contributed by atoms with Gasteiger partial charge in [-0.2, -0.15) is 4.80 Å². The predicted octanol–water partition coefficient (Wildman–Crippen LogP) is 2.93. The Morgan fingerprint density at radius 2 is 1.69 bits per heavy atom. The number of benzene rings is 3. The minimum atomic E-state index is -0.744. The lowest BCUT2D eigenvalue weighted by Crippen LogP contribution is -2.25. The van der Waals surface area contributed by atoms with Crippen molar-refractivity contribution in [3.8, 4) is 17.1 Å². The molecule has 1 heterocycles. The van der Waals surface area contributed by atoms with Crippen LogP contribution in [0.15, 0.2) is 72.8 Å². The highest BCUT2D eigenvalue weighted by molar-refractivity contribution is 5.88. The first-order valence-corrected chi connectivity index (χ1v) is 8.41. The van der Waals surface area contributed by atoms with Crippen molar-refractivity contribution in [1.82, 2.24) is 20.2 Å². The zero-order valence-corrected chi connectivity index (χ0v) is 14.1. The minimum absolute atomic E-state index is 0.149. The maximum Gasteiger partial charge on any atom is 0.204 e. The van der Waals surface area contributed by atoms with Crippen LogP contribution in [-0.2, 0) is 6.54 Å². The first-order valence-electron chi connectivity index (χ1n) is 8.41. The summed E-state index contributed by atoms with van der Waals surface area (Å²) < 4.78 is 5.81. The van der Waals surface area contributed by atoms with Gasteiger partial charge in [0.15, 0.2) is 0 Å². The van der Waals surface area contributed by atoms with Crippen molar-refractivity contribution < 1.29 is 9.84 Å². The summed E-state index contributed by atoms with van der Waals surface area (Å²) in [5.41, 5.74) is 0.889. The Hall–Kier alpha value is -3.25. The maximum atomic E-state index is 10.3. The fourth-order valence-electron chi connectivity index (χ4n) is 2.77. The fraction of sp³-hybridized carbons (Fsp3) is 0.150. The van der Waals surface area contributed by atoms with Crippen LogP contribution in [-0.4, -0.2) is 38.0 Å². The summed E-state index contributed by atoms with van der Waals surface area (Å²) in [6.07, 6.45) is -0.744. The van der Waals surface area contributed by atoms with E-state index >= 15 is 0 Å². The summed E-state index contributed by atoms with van der Waals surface area (Å²) in [6.45, 7) is 0.362. The molecule has 4 aromatic rings. The number of tetrazole rings is 1. The molecule has 26 heavy (non-hydrogen) atoms. The average molecular weight is 346 g/mol. The molecule has 1 N–H and O–H groups in total. The number of nitrogens with zero attached hydrogens (tertiary/aromatic N) is 4. The molecule has 0 amide bonds. The van der Waals surface area contributed by atoms with Crippen LogP contribution < -0.4 is 4.74 Å². The molecule has 0 unspecified atom stereocenters. The van der Waals surface area contributed by atoms with Gasteiger partial charge in [0, 0.05) is 10.9 Å². The Labute approximate surface area is 150 Å². The molecule has 4 rings (SSSR count). The van der Waals surface area contributed by atoms with E-state index in [4.69, 9.17) is 4.74 Å². The Kier molecular flexibility index (Phi) is 4.57. The molecular weight excluding hydrogens is 328 g/mol. The molecule has 0 saturated carbocycles. The van der Waals surface area contributed by atoms with Gasteiger partial charge in [0.05, 0.1) is 6.54 Å². The van der Waals surface area contributed by atoms with Crippen molar-refractivity contribution >= 4 is 10.8 Å². The Bertz CT molecular complexity index is 996. The quantitative estimate of drug-likeness (QED) is 0.581. The van der Waals surface area contributed by atoms with E-state index in [0.717, 1.165) is 22.1 Å². The standard InChI is InChI=1S/C20H18N4O2/c25-17(13-24-22-20(21-23-24)16-8-2-1-3-9-16)14-26-19-12-6-10-15-7-4-5-11-18(15)19/h1-12,17,25H,13-14H2/t17-/m0/s1. The van der Waals surface area contributed by atoms with Crippen molar-refractivity contribution in [2.24, 2.45) is 0 Å². The van der Waals surface area contributed by atoms with E-state index in [2.05, 4.69) is 15.4 Å². The highest BCUT2D eigenvalue weighted by Crippen LogP contribution is 2.25. The number of hydrogen-bond donors (Lipinski definition) is 1. The number of rotatable bonds is 6. The fourth-order valence-corrected chi connectivity index (χ4v) is 2.77. The van der Waals surface area contributed by atoms with E-state index < -0.39 is 6.10 Å². The van der Waals surface area contributed by atoms with E-state index in [1.165, 1.54) is 4.80 Å². The van der Waals surface area contributed by atoms with Crippen LogP contribution in [0.3, 0.4) is 0 Å². The van der Waals surface area contributed by atoms with Gasteiger partial charge in [0.25, 0.3) is 0 Å². The molecule has 0 aliphatic heterocycles. The van der Waals surface area contributed by atoms with Crippen LogP contribution in [0.5, 0.6) is 5.75 Å². The van der Waals surface area contributed by atoms with Crippen LogP contribution in [0.25, 0.3) is 22.2 Å². The molecule has 0 aliphatic rings. The lowest BCUT2D eigenvalue weighted by Gasteiger charge is -2.13. The zero-order chi connectivity index (χ0) is 17.8. The van der Waals surface area contributed by atoms with E-state index in [1.54, 1.807) is 0 Å². The van der Waals surface area contributed by atoms with Crippen LogP contribution in [0.2, 0.25) is 0 Å². The Morgan fingerprint density at radius 3 is 2.58 bits per heavy atom. The molecule has 0 bridgehead atoms. The van der Waals surface area contributed by atoms with Gasteiger partial charge >= 0.3 is 0 Å². The number of hydrogen-bond acceptors (Lipinski definition) is 5. The maximum absolute atomic E-state index is 10.3. The van der Waals surface area contributed by atoms with Gasteiger partial charge in [-0.05, 0) is 16.7 Å². The van der Waals surface area contributed by atoms with Gasteiger partial charge < -0.3 is 9.84 Å². The van der Waals surface area contributed by atoms with Crippen molar-refractivity contribution in [2.45, 2.75) is 12.6 Å². The van der Waals surface area contributed by atoms with E-state index in [9.17, 15) is 5.11 Å². The second kappa shape index (κ2) is 7.33. The monoisotopic (exact) mass is 346 g/mol. The second-order valence-corrected chi connectivity index (χ2v) is 5.98. The summed E-state index contributed by atoms with van der Waals surface area (Å²) in [6, 6.07) is 23.5. The van der Waals surface area contributed by atoms with Gasteiger partial charge in [-0.3, -0.25) is 0 Å². The smallest absolute Gasteiger partial charge is 0.204 e. The minimum Gasteiger partial charge on any atom is -0.490 e. The van der Waals surface area contributed by atoms with Crippen molar-refractivity contribution in [2.75, 3.05) is 6.61 Å². The number of aliphatic hydroxyl groups excluding tert-OH is 1. The molecule has 6 heteroatoms. The second-order valence-electron chi connectivity index (χ2n) is 5.98. The third-order valence-corrected chi connectivity index (χ3v) is 4.04. The van der Waals surface area contributed by atoms with E-state index in [0.29, 0.717) is 5.82 Å². The first kappa shape index (κ1) is 16.2. The molecule has 3 aromatic carbocycles. The van der Waals surface area contributed by atoms with Gasteiger partial charge in [-0.25, -0.2) is 0 Å². The molecule has 130 valence electrons. The zero-order valence-electron chi connectivity index (χ0n) is 14.1. The van der Waals surface area contributed by atoms with E-state index in [-0.39, 0.29) is 13.2 Å². The topological polar surface area (TPSA) is 73.1 Å². The highest BCUT2D eigenvalue weighted by atomic mass is 16.5. The van der Waals surface area contributed by atoms with Crippen LogP contribution in [0, 0.1) is 0 Å². The number of aromatic nitrogens is 4. The number of fused-ring (bicyclic) bond motifs is 1. The molecule has 0 spiro atoms. The largest absolute Gasteiger partial charge is 0.490 e. The molecule has 1 atom stereocenters. The summed E-state index contributed by atoms with van der Waals surface area (Å²) in [5, 5.41) is 24.7. The van der Waals surface area contributed by atoms with E-state index in [1.807, 2.05) is 72.8 Å². The molecule has 6 nitrogen and oxygen atoms in total. The Balaban J connectivity index is 1.40. The van der Waals surface area contributed by atoms with Crippen LogP contribution in [0.1, 0.15) is 0 Å². The van der Waals surface area contributed by atoms with Gasteiger partial charge in [0.1, 0.15) is 18.5 Å². The van der Waals surface area contributed by atoms with Gasteiger partial charge in [-0.15, -0.1) is 10.2 Å². The summed E-state index contributed by atoms with van der Waals surface area (Å²) >= 11 is 0. The number of ether oxygens (including phenoxy) is 1. The van der Waals surface area contributed by atoms with Gasteiger partial charge in [0.2, 0.25) is 5.82 Å². The molecule has 0 fully saturated rings. The van der Waals surface area contributed by atoms with Crippen LogP contribution in [0.4, 0.5) is 0 Å². The van der Waals surface area contributed by atoms with Crippen LogP contribution >= 0.6 is 0 Å². The Morgan fingerprint density at radius 1 is 0.923 bits per heavy atom. The number of aliphatic hydroxyl groups is 1. The lowest BCUT2D eigenvalue weighted by atomic mass is 10.1. The predicted molar refractivity (Wildman–Crippen MR) is 98.7 cm³/mol. The molecule has 0 saturated heterocycles. The SMILES string of the molecule is O[C@H](COc1cccc2ccccc12)Cn1nnc(-c2ccccc2)n1. The third kappa shape index (κ3) is 3.55. The van der Waals surface area contributed by atoms with Crippen molar-refractivity contribution in [1.29, 1.82) is 0 Å². The van der Waals surface area contributed by atoms with Crippen molar-refractivity contribution in [3.63, 3.8) is 0 Å².